The summed E-state index contributed by atoms with van der Waals surface area (Å²) >= 11 is 0. The van der Waals surface area contributed by atoms with Gasteiger partial charge in [-0.3, -0.25) is 14.8 Å². The number of nitrogens with zero attached hydrogens (tertiary/aromatic N) is 2. The maximum Gasteiger partial charge on any atom is 0.411 e. The highest BCUT2D eigenvalue weighted by molar-refractivity contribution is 5.98. The number of hydrogen-bond acceptors (Lipinski definition) is 7. The Morgan fingerprint density at radius 3 is 2.58 bits per heavy atom. The van der Waals surface area contributed by atoms with Crippen LogP contribution in [0.2, 0.25) is 0 Å². The minimum absolute atomic E-state index is 0.239. The average molecular weight is 523 g/mol. The maximum absolute atomic E-state index is 13.7. The van der Waals surface area contributed by atoms with Crippen LogP contribution in [-0.2, 0) is 27.2 Å². The van der Waals surface area contributed by atoms with Crippen molar-refractivity contribution in [2.24, 2.45) is 0 Å². The second kappa shape index (κ2) is 11.6. The van der Waals surface area contributed by atoms with Gasteiger partial charge in [-0.2, -0.15) is 5.10 Å². The molecule has 1 atom stereocenters. The molecule has 2 heterocycles. The van der Waals surface area contributed by atoms with Crippen molar-refractivity contribution < 1.29 is 28.5 Å². The van der Waals surface area contributed by atoms with Crippen LogP contribution in [0.5, 0.6) is 11.5 Å². The molecule has 0 unspecified atom stereocenters. The van der Waals surface area contributed by atoms with E-state index < -0.39 is 17.7 Å². The Kier molecular flexibility index (Phi) is 8.21. The summed E-state index contributed by atoms with van der Waals surface area (Å²) < 4.78 is 22.1. The molecule has 38 heavy (non-hydrogen) atoms. The first-order chi connectivity index (χ1) is 18.2. The minimum atomic E-state index is -0.801. The number of methoxy groups -OCH3 is 2. The molecule has 2 N–H and O–H groups in total. The lowest BCUT2D eigenvalue weighted by atomic mass is 9.93. The number of ether oxygens (including phenoxy) is 4. The molecule has 0 bridgehead atoms. The molecule has 1 aliphatic heterocycles. The van der Waals surface area contributed by atoms with Crippen LogP contribution in [0.4, 0.5) is 10.5 Å². The fourth-order valence-corrected chi connectivity index (χ4v) is 4.22. The number of rotatable bonds is 8. The number of carbonyl (C=O) groups excluding carboxylic acids is 2. The first-order valence-corrected chi connectivity index (χ1v) is 12.4. The van der Waals surface area contributed by atoms with Gasteiger partial charge in [0.1, 0.15) is 29.7 Å². The van der Waals surface area contributed by atoms with E-state index in [4.69, 9.17) is 18.9 Å². The zero-order valence-electron chi connectivity index (χ0n) is 22.4. The summed E-state index contributed by atoms with van der Waals surface area (Å²) in [6.45, 7) is 6.32. The average Bonchev–Trinajstić information content (AvgIpc) is 3.42. The normalized spacial score (nSPS) is 15.0. The van der Waals surface area contributed by atoms with E-state index in [1.54, 1.807) is 53.5 Å². The molecule has 202 valence electrons. The molecule has 0 radical (unpaired) electrons. The van der Waals surface area contributed by atoms with Crippen LogP contribution in [-0.4, -0.2) is 66.2 Å². The van der Waals surface area contributed by atoms with Crippen LogP contribution in [0.15, 0.2) is 48.8 Å². The molecule has 0 aliphatic carbocycles. The van der Waals surface area contributed by atoms with Gasteiger partial charge in [-0.05, 0) is 61.7 Å². The Bertz CT molecular complexity index is 1270. The fourth-order valence-electron chi connectivity index (χ4n) is 4.22. The summed E-state index contributed by atoms with van der Waals surface area (Å²) in [6, 6.07) is 10.3. The van der Waals surface area contributed by atoms with Crippen LogP contribution in [0, 0.1) is 0 Å². The van der Waals surface area contributed by atoms with Crippen LogP contribution in [0.3, 0.4) is 0 Å². The van der Waals surface area contributed by atoms with Gasteiger partial charge in [0.25, 0.3) is 0 Å². The third-order valence-electron chi connectivity index (χ3n) is 6.09. The highest BCUT2D eigenvalue weighted by atomic mass is 16.6. The molecule has 3 aromatic rings. The van der Waals surface area contributed by atoms with Crippen LogP contribution in [0.25, 0.3) is 11.1 Å². The number of amides is 2. The van der Waals surface area contributed by atoms with E-state index in [2.05, 4.69) is 15.5 Å². The van der Waals surface area contributed by atoms with Crippen molar-refractivity contribution in [3.8, 4) is 22.6 Å². The Morgan fingerprint density at radius 1 is 1.08 bits per heavy atom. The van der Waals surface area contributed by atoms with Gasteiger partial charge >= 0.3 is 6.09 Å². The second-order valence-corrected chi connectivity index (χ2v) is 9.99. The van der Waals surface area contributed by atoms with Gasteiger partial charge in [-0.1, -0.05) is 12.1 Å². The summed E-state index contributed by atoms with van der Waals surface area (Å²) in [5, 5.41) is 9.78. The summed E-state index contributed by atoms with van der Waals surface area (Å²) in [7, 11) is 3.19. The molecule has 2 aromatic carbocycles. The number of nitrogens with one attached hydrogen (secondary N) is 2. The number of hydrogen-bond donors (Lipinski definition) is 2. The van der Waals surface area contributed by atoms with E-state index in [0.29, 0.717) is 36.8 Å². The highest BCUT2D eigenvalue weighted by Crippen LogP contribution is 2.33. The van der Waals surface area contributed by atoms with Crippen molar-refractivity contribution in [2.75, 3.05) is 32.8 Å². The molecule has 10 nitrogen and oxygen atoms in total. The minimum Gasteiger partial charge on any atom is -0.497 e. The topological polar surface area (TPSA) is 115 Å². The van der Waals surface area contributed by atoms with Gasteiger partial charge < -0.3 is 24.3 Å². The van der Waals surface area contributed by atoms with E-state index in [-0.39, 0.29) is 12.5 Å². The van der Waals surface area contributed by atoms with Crippen molar-refractivity contribution in [3.63, 3.8) is 0 Å². The SMILES string of the molecule is COCCOc1cc(-c2cn[nH]c2)ccc1NC(=O)[C@H]1Cc2cc(OC)ccc2CN1C(=O)OC(C)(C)C. The summed E-state index contributed by atoms with van der Waals surface area (Å²) in [4.78, 5) is 28.4. The zero-order valence-corrected chi connectivity index (χ0v) is 22.4. The summed E-state index contributed by atoms with van der Waals surface area (Å²) in [5.41, 5.74) is 3.42. The molecule has 1 aromatic heterocycles. The fraction of sp³-hybridized carbons (Fsp3) is 0.393. The van der Waals surface area contributed by atoms with Gasteiger partial charge in [-0.15, -0.1) is 0 Å². The summed E-state index contributed by atoms with van der Waals surface area (Å²) in [6.07, 6.45) is 3.24. The highest BCUT2D eigenvalue weighted by Gasteiger charge is 2.37. The number of fused-ring (bicyclic) bond motifs is 1. The quantitative estimate of drug-likeness (QED) is 0.421. The number of aromatic amines is 1. The number of aromatic nitrogens is 2. The summed E-state index contributed by atoms with van der Waals surface area (Å²) in [5.74, 6) is 0.824. The lowest BCUT2D eigenvalue weighted by Gasteiger charge is -2.37. The van der Waals surface area contributed by atoms with Crippen molar-refractivity contribution in [2.45, 2.75) is 45.4 Å². The predicted molar refractivity (Wildman–Crippen MR) is 142 cm³/mol. The molecule has 0 spiro atoms. The first-order valence-electron chi connectivity index (χ1n) is 12.4. The predicted octanol–water partition coefficient (Wildman–Crippen LogP) is 4.41. The third-order valence-corrected chi connectivity index (χ3v) is 6.09. The second-order valence-electron chi connectivity index (χ2n) is 9.99. The Morgan fingerprint density at radius 2 is 1.89 bits per heavy atom. The van der Waals surface area contributed by atoms with Crippen LogP contribution in [0.1, 0.15) is 31.9 Å². The molecule has 0 fully saturated rings. The molecule has 0 saturated carbocycles. The number of carbonyl (C=O) groups is 2. The number of anilines is 1. The lowest BCUT2D eigenvalue weighted by Crippen LogP contribution is -2.52. The third kappa shape index (κ3) is 6.44. The smallest absolute Gasteiger partial charge is 0.411 e. The van der Waals surface area contributed by atoms with Crippen LogP contribution >= 0.6 is 0 Å². The van der Waals surface area contributed by atoms with Crippen molar-refractivity contribution in [1.29, 1.82) is 0 Å². The zero-order chi connectivity index (χ0) is 27.3. The van der Waals surface area contributed by atoms with E-state index in [0.717, 1.165) is 22.3 Å². The molecule has 1 aliphatic rings. The standard InChI is InChI=1S/C28H34N4O6/c1-28(2,3)38-27(34)32-17-19-6-8-22(36-5)12-20(19)13-24(32)26(33)31-23-9-7-18(21-15-29-30-16-21)14-25(23)37-11-10-35-4/h6-9,12,14-16,24H,10-11,13,17H2,1-5H3,(H,29,30)(H,31,33)/t24-/m1/s1. The Labute approximate surface area is 222 Å². The molecular formula is C28H34N4O6. The monoisotopic (exact) mass is 522 g/mol. The van der Waals surface area contributed by atoms with E-state index >= 15 is 0 Å². The van der Waals surface area contributed by atoms with E-state index in [1.165, 1.54) is 4.90 Å². The number of benzene rings is 2. The van der Waals surface area contributed by atoms with Crippen molar-refractivity contribution in [3.05, 3.63) is 59.9 Å². The molecule has 4 rings (SSSR count). The largest absolute Gasteiger partial charge is 0.497 e. The van der Waals surface area contributed by atoms with Gasteiger partial charge in [0.2, 0.25) is 5.91 Å². The number of H-pyrrole nitrogens is 1. The molecule has 10 heteroatoms. The van der Waals surface area contributed by atoms with Gasteiger partial charge in [-0.25, -0.2) is 4.79 Å². The van der Waals surface area contributed by atoms with Crippen molar-refractivity contribution >= 4 is 17.7 Å². The van der Waals surface area contributed by atoms with Gasteiger partial charge in [0.05, 0.1) is 32.1 Å². The van der Waals surface area contributed by atoms with E-state index in [1.807, 2.05) is 30.3 Å². The van der Waals surface area contributed by atoms with Crippen LogP contribution < -0.4 is 14.8 Å². The Hall–Kier alpha value is -4.05. The Balaban J connectivity index is 1.63. The molecular weight excluding hydrogens is 488 g/mol. The first kappa shape index (κ1) is 27.0. The van der Waals surface area contributed by atoms with Crippen molar-refractivity contribution in [1.82, 2.24) is 15.1 Å². The molecule has 2 amide bonds. The van der Waals surface area contributed by atoms with Gasteiger partial charge in [0, 0.05) is 25.3 Å². The maximum atomic E-state index is 13.7. The van der Waals surface area contributed by atoms with Gasteiger partial charge in [0.15, 0.2) is 0 Å². The van der Waals surface area contributed by atoms with E-state index in [9.17, 15) is 9.59 Å². The molecule has 0 saturated heterocycles. The lowest BCUT2D eigenvalue weighted by molar-refractivity contribution is -0.121.